The van der Waals surface area contributed by atoms with Gasteiger partial charge in [-0.15, -0.1) is 0 Å². The fourth-order valence-corrected chi connectivity index (χ4v) is 3.60. The van der Waals surface area contributed by atoms with E-state index in [-0.39, 0.29) is 0 Å². The van der Waals surface area contributed by atoms with Crippen molar-refractivity contribution in [3.05, 3.63) is 60.2 Å². The molecule has 3 heteroatoms. The van der Waals surface area contributed by atoms with Crippen LogP contribution in [-0.4, -0.2) is 36.2 Å². The van der Waals surface area contributed by atoms with E-state index in [1.807, 2.05) is 30.3 Å². The minimum atomic E-state index is 0.352. The summed E-state index contributed by atoms with van der Waals surface area (Å²) in [7, 11) is 2.21. The van der Waals surface area contributed by atoms with Gasteiger partial charge in [-0.3, -0.25) is 0 Å². The van der Waals surface area contributed by atoms with Crippen molar-refractivity contribution >= 4 is 0 Å². The first-order chi connectivity index (χ1) is 11.7. The van der Waals surface area contributed by atoms with Gasteiger partial charge in [-0.2, -0.15) is 0 Å². The van der Waals surface area contributed by atoms with Crippen molar-refractivity contribution < 1.29 is 9.84 Å². The minimum absolute atomic E-state index is 0.352. The molecule has 0 amide bonds. The van der Waals surface area contributed by atoms with Gasteiger partial charge in [0.05, 0.1) is 0 Å². The van der Waals surface area contributed by atoms with Gasteiger partial charge in [0.25, 0.3) is 0 Å². The number of likely N-dealkylation sites (N-methyl/N-ethyl adjacent to an activating group) is 1. The molecule has 0 saturated heterocycles. The quantitative estimate of drug-likeness (QED) is 0.853. The lowest BCUT2D eigenvalue weighted by Crippen LogP contribution is -2.37. The van der Waals surface area contributed by atoms with Crippen molar-refractivity contribution in [1.29, 1.82) is 0 Å². The number of benzene rings is 2. The Balaban J connectivity index is 1.41. The van der Waals surface area contributed by atoms with E-state index in [9.17, 15) is 5.11 Å². The number of para-hydroxylation sites is 1. The number of hydrogen-bond donors (Lipinski definition) is 1. The van der Waals surface area contributed by atoms with Crippen molar-refractivity contribution in [3.63, 3.8) is 0 Å². The van der Waals surface area contributed by atoms with Crippen molar-refractivity contribution in [2.45, 2.75) is 37.6 Å². The Hall–Kier alpha value is -2.00. The number of phenols is 1. The largest absolute Gasteiger partial charge is 0.508 e. The van der Waals surface area contributed by atoms with Gasteiger partial charge in [-0.25, -0.2) is 0 Å². The maximum Gasteiger partial charge on any atom is 0.119 e. The van der Waals surface area contributed by atoms with E-state index >= 15 is 0 Å². The molecule has 0 atom stereocenters. The van der Waals surface area contributed by atoms with Gasteiger partial charge in [0.2, 0.25) is 0 Å². The molecule has 1 aliphatic rings. The van der Waals surface area contributed by atoms with Gasteiger partial charge >= 0.3 is 0 Å². The maximum atomic E-state index is 9.42. The third-order valence-corrected chi connectivity index (χ3v) is 5.14. The molecular formula is C21H27NO2. The number of ether oxygens (including phenoxy) is 1. The lowest BCUT2D eigenvalue weighted by Gasteiger charge is -2.34. The fourth-order valence-electron chi connectivity index (χ4n) is 3.60. The molecule has 0 aliphatic heterocycles. The highest BCUT2D eigenvalue weighted by molar-refractivity contribution is 5.28. The molecular weight excluding hydrogens is 298 g/mol. The molecule has 3 nitrogen and oxygen atoms in total. The smallest absolute Gasteiger partial charge is 0.119 e. The first kappa shape index (κ1) is 16.8. The van der Waals surface area contributed by atoms with Crippen molar-refractivity contribution in [3.8, 4) is 11.5 Å². The number of hydrogen-bond acceptors (Lipinski definition) is 3. The Morgan fingerprint density at radius 3 is 2.29 bits per heavy atom. The Labute approximate surface area is 144 Å². The average Bonchev–Trinajstić information content (AvgIpc) is 2.63. The lowest BCUT2D eigenvalue weighted by atomic mass is 9.81. The van der Waals surface area contributed by atoms with Crippen LogP contribution in [0.25, 0.3) is 0 Å². The third kappa shape index (κ3) is 4.51. The topological polar surface area (TPSA) is 32.7 Å². The van der Waals surface area contributed by atoms with Crippen molar-refractivity contribution in [2.24, 2.45) is 0 Å². The first-order valence-electron chi connectivity index (χ1n) is 8.89. The predicted octanol–water partition coefficient (Wildman–Crippen LogP) is 4.43. The minimum Gasteiger partial charge on any atom is -0.508 e. The zero-order chi connectivity index (χ0) is 16.8. The highest BCUT2D eigenvalue weighted by atomic mass is 16.5. The van der Waals surface area contributed by atoms with Crippen LogP contribution in [0.1, 0.15) is 37.2 Å². The van der Waals surface area contributed by atoms with Crippen LogP contribution in [0.15, 0.2) is 54.6 Å². The Morgan fingerprint density at radius 1 is 0.958 bits per heavy atom. The van der Waals surface area contributed by atoms with Crippen LogP contribution in [-0.2, 0) is 0 Å². The predicted molar refractivity (Wildman–Crippen MR) is 97.7 cm³/mol. The molecule has 1 aliphatic carbocycles. The summed E-state index contributed by atoms with van der Waals surface area (Å²) in [5, 5.41) is 9.42. The molecule has 1 saturated carbocycles. The van der Waals surface area contributed by atoms with Gasteiger partial charge < -0.3 is 14.7 Å². The van der Waals surface area contributed by atoms with Crippen LogP contribution < -0.4 is 4.74 Å². The summed E-state index contributed by atoms with van der Waals surface area (Å²) in [6.45, 7) is 1.70. The van der Waals surface area contributed by atoms with Gasteiger partial charge in [0.15, 0.2) is 0 Å². The summed E-state index contributed by atoms with van der Waals surface area (Å²) in [6.07, 6.45) is 4.90. The standard InChI is InChI=1S/C21H27NO2/c1-22(15-16-24-21-5-3-2-4-6-21)19-11-7-17(8-12-19)18-9-13-20(23)14-10-18/h2-6,9-10,13-14,17,19,23H,7-8,11-12,15-16H2,1H3/t17-,19-. The first-order valence-corrected chi connectivity index (χ1v) is 8.89. The van der Waals surface area contributed by atoms with E-state index in [4.69, 9.17) is 4.74 Å². The number of phenolic OH excluding ortho intramolecular Hbond substituents is 1. The van der Waals surface area contributed by atoms with Crippen LogP contribution in [0.4, 0.5) is 0 Å². The molecule has 0 heterocycles. The van der Waals surface area contributed by atoms with Crippen LogP contribution in [0.2, 0.25) is 0 Å². The molecule has 0 aromatic heterocycles. The second-order valence-electron chi connectivity index (χ2n) is 6.74. The molecule has 2 aromatic carbocycles. The highest BCUT2D eigenvalue weighted by Gasteiger charge is 2.24. The summed E-state index contributed by atoms with van der Waals surface area (Å²) in [5.74, 6) is 1.93. The van der Waals surface area contributed by atoms with E-state index in [2.05, 4.69) is 24.1 Å². The zero-order valence-electron chi connectivity index (χ0n) is 14.4. The summed E-state index contributed by atoms with van der Waals surface area (Å²) < 4.78 is 5.80. The molecule has 1 fully saturated rings. The molecule has 3 rings (SSSR count). The Bertz CT molecular complexity index is 603. The number of nitrogens with zero attached hydrogens (tertiary/aromatic N) is 1. The van der Waals surface area contributed by atoms with Crippen LogP contribution in [0.3, 0.4) is 0 Å². The summed E-state index contributed by atoms with van der Waals surface area (Å²) in [5.41, 5.74) is 1.36. The Morgan fingerprint density at radius 2 is 1.62 bits per heavy atom. The summed E-state index contributed by atoms with van der Waals surface area (Å²) in [4.78, 5) is 2.44. The lowest BCUT2D eigenvalue weighted by molar-refractivity contribution is 0.154. The van der Waals surface area contributed by atoms with Gasteiger partial charge in [-0.1, -0.05) is 30.3 Å². The van der Waals surface area contributed by atoms with Crippen LogP contribution >= 0.6 is 0 Å². The van der Waals surface area contributed by atoms with Crippen molar-refractivity contribution in [1.82, 2.24) is 4.90 Å². The van der Waals surface area contributed by atoms with Crippen molar-refractivity contribution in [2.75, 3.05) is 20.2 Å². The SMILES string of the molecule is CN(CCOc1ccccc1)[C@H]1CC[C@H](c2ccc(O)cc2)CC1. The zero-order valence-corrected chi connectivity index (χ0v) is 14.4. The third-order valence-electron chi connectivity index (χ3n) is 5.14. The summed E-state index contributed by atoms with van der Waals surface area (Å²) >= 11 is 0. The molecule has 128 valence electrons. The van der Waals surface area contributed by atoms with Gasteiger partial charge in [0, 0.05) is 12.6 Å². The van der Waals surface area contributed by atoms with Crippen LogP contribution in [0.5, 0.6) is 11.5 Å². The second-order valence-corrected chi connectivity index (χ2v) is 6.74. The number of rotatable bonds is 6. The molecule has 2 aromatic rings. The molecule has 0 bridgehead atoms. The molecule has 1 N–H and O–H groups in total. The van der Waals surface area contributed by atoms with E-state index in [1.54, 1.807) is 12.1 Å². The maximum absolute atomic E-state index is 9.42. The molecule has 0 radical (unpaired) electrons. The summed E-state index contributed by atoms with van der Waals surface area (Å²) in [6, 6.07) is 18.4. The Kier molecular flexibility index (Phi) is 5.76. The molecule has 0 spiro atoms. The normalized spacial score (nSPS) is 20.9. The molecule has 24 heavy (non-hydrogen) atoms. The van der Waals surface area contributed by atoms with E-state index in [0.717, 1.165) is 18.9 Å². The van der Waals surface area contributed by atoms with Gasteiger partial charge in [0.1, 0.15) is 18.1 Å². The van der Waals surface area contributed by atoms with E-state index in [0.29, 0.717) is 17.7 Å². The molecule has 0 unspecified atom stereocenters. The average molecular weight is 325 g/mol. The second kappa shape index (κ2) is 8.20. The fraction of sp³-hybridized carbons (Fsp3) is 0.429. The monoisotopic (exact) mass is 325 g/mol. The van der Waals surface area contributed by atoms with E-state index < -0.39 is 0 Å². The van der Waals surface area contributed by atoms with Gasteiger partial charge in [-0.05, 0) is 68.5 Å². The highest BCUT2D eigenvalue weighted by Crippen LogP contribution is 2.34. The van der Waals surface area contributed by atoms with E-state index in [1.165, 1.54) is 31.2 Å². The number of aromatic hydroxyl groups is 1. The van der Waals surface area contributed by atoms with Crippen LogP contribution in [0, 0.1) is 0 Å².